The van der Waals surface area contributed by atoms with Gasteiger partial charge in [0.05, 0.1) is 12.9 Å². The van der Waals surface area contributed by atoms with Crippen LogP contribution in [0.1, 0.15) is 16.9 Å². The highest BCUT2D eigenvalue weighted by molar-refractivity contribution is 5.94. The summed E-state index contributed by atoms with van der Waals surface area (Å²) in [5, 5.41) is 13.2. The molecule has 2 aromatic heterocycles. The molecule has 1 aliphatic heterocycles. The van der Waals surface area contributed by atoms with E-state index in [0.29, 0.717) is 24.5 Å². The molecular formula is C15H16N2O6. The summed E-state index contributed by atoms with van der Waals surface area (Å²) in [7, 11) is 1.45. The molecule has 1 aliphatic rings. The quantitative estimate of drug-likeness (QED) is 0.889. The summed E-state index contributed by atoms with van der Waals surface area (Å²) in [4.78, 5) is 25.5. The molecule has 0 spiro atoms. The van der Waals surface area contributed by atoms with Gasteiger partial charge in [0.25, 0.3) is 5.91 Å². The van der Waals surface area contributed by atoms with E-state index in [1.807, 2.05) is 0 Å². The van der Waals surface area contributed by atoms with Crippen molar-refractivity contribution in [2.75, 3.05) is 26.8 Å². The van der Waals surface area contributed by atoms with Crippen molar-refractivity contribution in [1.82, 2.24) is 10.1 Å². The fourth-order valence-corrected chi connectivity index (χ4v) is 2.75. The normalized spacial score (nSPS) is 20.8. The molecule has 1 saturated heterocycles. The number of nitrogens with zero attached hydrogens (tertiary/aromatic N) is 2. The van der Waals surface area contributed by atoms with Gasteiger partial charge in [0.2, 0.25) is 5.76 Å². The van der Waals surface area contributed by atoms with Crippen molar-refractivity contribution in [3.63, 3.8) is 0 Å². The van der Waals surface area contributed by atoms with Crippen LogP contribution in [0.3, 0.4) is 0 Å². The van der Waals surface area contributed by atoms with Crippen LogP contribution in [0.25, 0.3) is 11.5 Å². The molecule has 1 amide bonds. The topological polar surface area (TPSA) is 106 Å². The van der Waals surface area contributed by atoms with Gasteiger partial charge >= 0.3 is 5.97 Å². The minimum Gasteiger partial charge on any atom is -0.481 e. The standard InChI is InChI=1S/C15H16N2O6/c1-21-9-15(14(19)20)4-5-17(8-15)13(18)10-7-12(23-16-10)11-3-2-6-22-11/h2-3,6-7H,4-5,8-9H2,1H3,(H,19,20). The summed E-state index contributed by atoms with van der Waals surface area (Å²) in [5.41, 5.74) is -0.951. The lowest BCUT2D eigenvalue weighted by Gasteiger charge is -2.23. The van der Waals surface area contributed by atoms with Crippen molar-refractivity contribution in [3.8, 4) is 11.5 Å². The lowest BCUT2D eigenvalue weighted by Crippen LogP contribution is -2.40. The Hall–Kier alpha value is -2.61. The number of ether oxygens (including phenoxy) is 1. The number of methoxy groups -OCH3 is 1. The van der Waals surface area contributed by atoms with Crippen LogP contribution in [-0.2, 0) is 9.53 Å². The summed E-state index contributed by atoms with van der Waals surface area (Å²) < 4.78 is 15.3. The third kappa shape index (κ3) is 2.72. The molecular weight excluding hydrogens is 304 g/mol. The Morgan fingerprint density at radius 1 is 1.48 bits per heavy atom. The minimum absolute atomic E-state index is 0.0581. The third-order valence-electron chi connectivity index (χ3n) is 4.01. The van der Waals surface area contributed by atoms with Gasteiger partial charge in [-0.25, -0.2) is 0 Å². The van der Waals surface area contributed by atoms with E-state index in [2.05, 4.69) is 5.16 Å². The zero-order chi connectivity index (χ0) is 16.4. The first-order chi connectivity index (χ1) is 11.1. The number of amides is 1. The molecule has 1 fully saturated rings. The van der Waals surface area contributed by atoms with Crippen molar-refractivity contribution in [3.05, 3.63) is 30.2 Å². The van der Waals surface area contributed by atoms with Crippen LogP contribution in [-0.4, -0.2) is 53.8 Å². The summed E-state index contributed by atoms with van der Waals surface area (Å²) in [6.45, 7) is 0.470. The molecule has 2 aromatic rings. The van der Waals surface area contributed by atoms with E-state index < -0.39 is 11.4 Å². The number of carbonyl (C=O) groups is 2. The largest absolute Gasteiger partial charge is 0.481 e. The number of aromatic nitrogens is 1. The summed E-state index contributed by atoms with van der Waals surface area (Å²) in [6, 6.07) is 4.88. The molecule has 8 heteroatoms. The second-order valence-electron chi connectivity index (χ2n) is 5.55. The molecule has 0 aliphatic carbocycles. The molecule has 0 radical (unpaired) electrons. The molecule has 122 valence electrons. The molecule has 3 heterocycles. The molecule has 3 rings (SSSR count). The molecule has 0 saturated carbocycles. The van der Waals surface area contributed by atoms with Gasteiger partial charge in [-0.1, -0.05) is 5.16 Å². The maximum atomic E-state index is 12.5. The second kappa shape index (κ2) is 5.88. The molecule has 8 nitrogen and oxygen atoms in total. The van der Waals surface area contributed by atoms with Crippen molar-refractivity contribution in [1.29, 1.82) is 0 Å². The highest BCUT2D eigenvalue weighted by Gasteiger charge is 2.46. The molecule has 1 atom stereocenters. The summed E-state index contributed by atoms with van der Waals surface area (Å²) in [5.74, 6) is -0.520. The Balaban J connectivity index is 1.76. The third-order valence-corrected chi connectivity index (χ3v) is 4.01. The van der Waals surface area contributed by atoms with E-state index >= 15 is 0 Å². The molecule has 1 N–H and O–H groups in total. The van der Waals surface area contributed by atoms with Gasteiger partial charge < -0.3 is 23.7 Å². The highest BCUT2D eigenvalue weighted by Crippen LogP contribution is 2.32. The Kier molecular flexibility index (Phi) is 3.91. The van der Waals surface area contributed by atoms with Gasteiger partial charge in [0.1, 0.15) is 5.41 Å². The van der Waals surface area contributed by atoms with E-state index in [-0.39, 0.29) is 24.8 Å². The monoisotopic (exact) mass is 320 g/mol. The number of hydrogen-bond acceptors (Lipinski definition) is 6. The number of furan rings is 1. The molecule has 0 aromatic carbocycles. The summed E-state index contributed by atoms with van der Waals surface area (Å²) >= 11 is 0. The van der Waals surface area contributed by atoms with Crippen LogP contribution >= 0.6 is 0 Å². The Bertz CT molecular complexity index is 707. The number of hydrogen-bond donors (Lipinski definition) is 1. The predicted molar refractivity (Wildman–Crippen MR) is 76.7 cm³/mol. The number of carbonyl (C=O) groups excluding carboxylic acids is 1. The Morgan fingerprint density at radius 2 is 2.30 bits per heavy atom. The van der Waals surface area contributed by atoms with Crippen LogP contribution < -0.4 is 0 Å². The first-order valence-corrected chi connectivity index (χ1v) is 7.08. The molecule has 1 unspecified atom stereocenters. The van der Waals surface area contributed by atoms with Gasteiger partial charge in [0, 0.05) is 26.3 Å². The van der Waals surface area contributed by atoms with Gasteiger partial charge in [0.15, 0.2) is 11.5 Å². The van der Waals surface area contributed by atoms with Gasteiger partial charge in [-0.2, -0.15) is 0 Å². The van der Waals surface area contributed by atoms with Crippen LogP contribution in [0.15, 0.2) is 33.4 Å². The van der Waals surface area contributed by atoms with Gasteiger partial charge in [-0.05, 0) is 18.6 Å². The molecule has 0 bridgehead atoms. The minimum atomic E-state index is -1.07. The lowest BCUT2D eigenvalue weighted by molar-refractivity contribution is -0.151. The van der Waals surface area contributed by atoms with Crippen molar-refractivity contribution >= 4 is 11.9 Å². The smallest absolute Gasteiger partial charge is 0.313 e. The molecule has 23 heavy (non-hydrogen) atoms. The first-order valence-electron chi connectivity index (χ1n) is 7.08. The van der Waals surface area contributed by atoms with Gasteiger partial charge in [-0.3, -0.25) is 9.59 Å². The number of rotatable bonds is 5. The van der Waals surface area contributed by atoms with E-state index in [0.717, 1.165) is 0 Å². The average molecular weight is 320 g/mol. The number of carboxylic acid groups (broad SMARTS) is 1. The Labute approximate surface area is 131 Å². The van der Waals surface area contributed by atoms with Crippen LogP contribution in [0.2, 0.25) is 0 Å². The number of carboxylic acids is 1. The number of likely N-dealkylation sites (tertiary alicyclic amines) is 1. The van der Waals surface area contributed by atoms with Crippen LogP contribution in [0.5, 0.6) is 0 Å². The highest BCUT2D eigenvalue weighted by atomic mass is 16.5. The zero-order valence-corrected chi connectivity index (χ0v) is 12.5. The maximum absolute atomic E-state index is 12.5. The van der Waals surface area contributed by atoms with E-state index in [4.69, 9.17) is 13.7 Å². The maximum Gasteiger partial charge on any atom is 0.313 e. The number of aliphatic carboxylic acids is 1. The van der Waals surface area contributed by atoms with E-state index in [1.165, 1.54) is 24.3 Å². The fourth-order valence-electron chi connectivity index (χ4n) is 2.75. The van der Waals surface area contributed by atoms with E-state index in [9.17, 15) is 14.7 Å². The van der Waals surface area contributed by atoms with Crippen molar-refractivity contribution in [2.24, 2.45) is 5.41 Å². The van der Waals surface area contributed by atoms with Crippen molar-refractivity contribution in [2.45, 2.75) is 6.42 Å². The van der Waals surface area contributed by atoms with E-state index in [1.54, 1.807) is 12.1 Å². The average Bonchev–Trinajstić information content (AvgIpc) is 3.27. The lowest BCUT2D eigenvalue weighted by atomic mass is 9.88. The zero-order valence-electron chi connectivity index (χ0n) is 12.5. The fraction of sp³-hybridized carbons (Fsp3) is 0.400. The van der Waals surface area contributed by atoms with Crippen molar-refractivity contribution < 1.29 is 28.4 Å². The summed E-state index contributed by atoms with van der Waals surface area (Å²) in [6.07, 6.45) is 1.83. The first kappa shape index (κ1) is 15.3. The van der Waals surface area contributed by atoms with Crippen LogP contribution in [0, 0.1) is 5.41 Å². The predicted octanol–water partition coefficient (Wildman–Crippen LogP) is 1.50. The van der Waals surface area contributed by atoms with Crippen LogP contribution in [0.4, 0.5) is 0 Å². The Morgan fingerprint density at radius 3 is 2.96 bits per heavy atom. The second-order valence-corrected chi connectivity index (χ2v) is 5.55. The van der Waals surface area contributed by atoms with Gasteiger partial charge in [-0.15, -0.1) is 0 Å². The SMILES string of the molecule is COCC1(C(=O)O)CCN(C(=O)c2cc(-c3ccco3)on2)C1.